The minimum absolute atomic E-state index is 0.0424. The molecule has 2 unspecified atom stereocenters. The summed E-state index contributed by atoms with van der Waals surface area (Å²) in [6, 6.07) is -0.593. The van der Waals surface area contributed by atoms with E-state index in [1.165, 1.54) is 7.11 Å². The zero-order valence-corrected chi connectivity index (χ0v) is 9.79. The van der Waals surface area contributed by atoms with E-state index in [2.05, 4.69) is 16.6 Å². The second-order valence-corrected chi connectivity index (χ2v) is 3.64. The van der Waals surface area contributed by atoms with Crippen molar-refractivity contribution in [3.8, 4) is 0 Å². The van der Waals surface area contributed by atoms with Gasteiger partial charge in [-0.3, -0.25) is 4.79 Å². The predicted octanol–water partition coefficient (Wildman–Crippen LogP) is 1.27. The first-order valence-corrected chi connectivity index (χ1v) is 4.98. The number of ether oxygens (including phenoxy) is 1. The maximum atomic E-state index is 11.4. The van der Waals surface area contributed by atoms with Crippen LogP contribution in [0.4, 0.5) is 0 Å². The van der Waals surface area contributed by atoms with E-state index in [-0.39, 0.29) is 11.8 Å². The molecule has 0 fully saturated rings. The van der Waals surface area contributed by atoms with Gasteiger partial charge in [-0.25, -0.2) is 4.79 Å². The van der Waals surface area contributed by atoms with Gasteiger partial charge in [0.15, 0.2) is 0 Å². The Hall–Kier alpha value is -1.32. The molecule has 0 aromatic heterocycles. The van der Waals surface area contributed by atoms with Crippen LogP contribution in [0.2, 0.25) is 0 Å². The standard InChI is InChI=1S/C11H19NO3/c1-6-8(4)9(11(14)15-5)12-10(13)7(2)3/h8-9H,2,6H2,1,3-5H3,(H,12,13). The maximum Gasteiger partial charge on any atom is 0.328 e. The number of nitrogens with one attached hydrogen (secondary N) is 1. The number of esters is 1. The SMILES string of the molecule is C=C(C)C(=O)NC(C(=O)OC)C(C)CC. The predicted molar refractivity (Wildman–Crippen MR) is 58.2 cm³/mol. The summed E-state index contributed by atoms with van der Waals surface area (Å²) in [5, 5.41) is 2.60. The van der Waals surface area contributed by atoms with Crippen molar-refractivity contribution in [2.75, 3.05) is 7.11 Å². The number of amides is 1. The Morgan fingerprint density at radius 1 is 1.47 bits per heavy atom. The van der Waals surface area contributed by atoms with E-state index in [0.717, 1.165) is 6.42 Å². The second-order valence-electron chi connectivity index (χ2n) is 3.64. The summed E-state index contributed by atoms with van der Waals surface area (Å²) in [7, 11) is 1.31. The molecule has 86 valence electrons. The van der Waals surface area contributed by atoms with E-state index in [1.54, 1.807) is 6.92 Å². The zero-order valence-electron chi connectivity index (χ0n) is 9.79. The van der Waals surface area contributed by atoms with Crippen LogP contribution in [0.3, 0.4) is 0 Å². The molecule has 1 amide bonds. The van der Waals surface area contributed by atoms with E-state index < -0.39 is 12.0 Å². The molecule has 4 nitrogen and oxygen atoms in total. The normalized spacial score (nSPS) is 13.9. The zero-order chi connectivity index (χ0) is 12.0. The van der Waals surface area contributed by atoms with Gasteiger partial charge in [0.1, 0.15) is 6.04 Å². The number of methoxy groups -OCH3 is 1. The van der Waals surface area contributed by atoms with Gasteiger partial charge in [-0.05, 0) is 12.8 Å². The molecule has 1 N–H and O–H groups in total. The van der Waals surface area contributed by atoms with Gasteiger partial charge < -0.3 is 10.1 Å². The number of carbonyl (C=O) groups excluding carboxylic acids is 2. The Morgan fingerprint density at radius 2 is 2.00 bits per heavy atom. The molecule has 0 aliphatic carbocycles. The molecular formula is C11H19NO3. The molecule has 0 aromatic carbocycles. The highest BCUT2D eigenvalue weighted by atomic mass is 16.5. The average molecular weight is 213 g/mol. The lowest BCUT2D eigenvalue weighted by Crippen LogP contribution is -2.45. The number of rotatable bonds is 5. The Labute approximate surface area is 90.7 Å². The molecule has 0 radical (unpaired) electrons. The van der Waals surface area contributed by atoms with Crippen molar-refractivity contribution in [2.45, 2.75) is 33.2 Å². The molecular weight excluding hydrogens is 194 g/mol. The van der Waals surface area contributed by atoms with Crippen molar-refractivity contribution in [1.29, 1.82) is 0 Å². The van der Waals surface area contributed by atoms with Gasteiger partial charge in [0, 0.05) is 5.57 Å². The second kappa shape index (κ2) is 6.22. The maximum absolute atomic E-state index is 11.4. The van der Waals surface area contributed by atoms with Gasteiger partial charge in [-0.1, -0.05) is 26.8 Å². The fourth-order valence-corrected chi connectivity index (χ4v) is 1.06. The summed E-state index contributed by atoms with van der Waals surface area (Å²) in [5.74, 6) is -0.689. The molecule has 15 heavy (non-hydrogen) atoms. The first-order chi connectivity index (χ1) is 6.93. The van der Waals surface area contributed by atoms with Crippen molar-refractivity contribution < 1.29 is 14.3 Å². The van der Waals surface area contributed by atoms with Crippen LogP contribution >= 0.6 is 0 Å². The van der Waals surface area contributed by atoms with Crippen molar-refractivity contribution >= 4 is 11.9 Å². The third-order valence-electron chi connectivity index (χ3n) is 2.34. The van der Waals surface area contributed by atoms with E-state index >= 15 is 0 Å². The third kappa shape index (κ3) is 4.14. The molecule has 0 spiro atoms. The van der Waals surface area contributed by atoms with Crippen molar-refractivity contribution in [3.63, 3.8) is 0 Å². The van der Waals surface area contributed by atoms with E-state index in [0.29, 0.717) is 5.57 Å². The summed E-state index contributed by atoms with van der Waals surface area (Å²) in [6.45, 7) is 8.95. The quantitative estimate of drug-likeness (QED) is 0.552. The van der Waals surface area contributed by atoms with Crippen molar-refractivity contribution in [1.82, 2.24) is 5.32 Å². The van der Waals surface area contributed by atoms with Crippen LogP contribution in [0.15, 0.2) is 12.2 Å². The lowest BCUT2D eigenvalue weighted by atomic mass is 9.99. The molecule has 0 bridgehead atoms. The highest BCUT2D eigenvalue weighted by Crippen LogP contribution is 2.09. The molecule has 0 aliphatic rings. The van der Waals surface area contributed by atoms with Crippen LogP contribution < -0.4 is 5.32 Å². The topological polar surface area (TPSA) is 55.4 Å². The minimum Gasteiger partial charge on any atom is -0.467 e. The molecule has 0 saturated heterocycles. The lowest BCUT2D eigenvalue weighted by Gasteiger charge is -2.21. The molecule has 2 atom stereocenters. The van der Waals surface area contributed by atoms with E-state index in [1.807, 2.05) is 13.8 Å². The Kier molecular flexibility index (Phi) is 5.67. The Morgan fingerprint density at radius 3 is 2.33 bits per heavy atom. The summed E-state index contributed by atoms with van der Waals surface area (Å²) in [4.78, 5) is 22.8. The number of carbonyl (C=O) groups is 2. The van der Waals surface area contributed by atoms with Gasteiger partial charge in [0.25, 0.3) is 0 Å². The average Bonchev–Trinajstić information content (AvgIpc) is 2.23. The van der Waals surface area contributed by atoms with Crippen LogP contribution in [0, 0.1) is 5.92 Å². The highest BCUT2D eigenvalue weighted by molar-refractivity contribution is 5.95. The summed E-state index contributed by atoms with van der Waals surface area (Å²) >= 11 is 0. The molecule has 0 heterocycles. The molecule has 0 rings (SSSR count). The van der Waals surface area contributed by atoms with Gasteiger partial charge >= 0.3 is 5.97 Å². The first kappa shape index (κ1) is 13.7. The van der Waals surface area contributed by atoms with Crippen LogP contribution in [0.5, 0.6) is 0 Å². The van der Waals surface area contributed by atoms with Crippen molar-refractivity contribution in [2.24, 2.45) is 5.92 Å². The van der Waals surface area contributed by atoms with Crippen LogP contribution in [0.1, 0.15) is 27.2 Å². The molecule has 0 saturated carbocycles. The van der Waals surface area contributed by atoms with Crippen LogP contribution in [0.25, 0.3) is 0 Å². The molecule has 0 aliphatic heterocycles. The van der Waals surface area contributed by atoms with Crippen molar-refractivity contribution in [3.05, 3.63) is 12.2 Å². The van der Waals surface area contributed by atoms with Gasteiger partial charge in [-0.15, -0.1) is 0 Å². The van der Waals surface area contributed by atoms with Crippen LogP contribution in [-0.2, 0) is 14.3 Å². The highest BCUT2D eigenvalue weighted by Gasteiger charge is 2.26. The van der Waals surface area contributed by atoms with E-state index in [4.69, 9.17) is 0 Å². The third-order valence-corrected chi connectivity index (χ3v) is 2.34. The number of hydrogen-bond donors (Lipinski definition) is 1. The van der Waals surface area contributed by atoms with Gasteiger partial charge in [0.05, 0.1) is 7.11 Å². The Bertz CT molecular complexity index is 261. The fourth-order valence-electron chi connectivity index (χ4n) is 1.06. The van der Waals surface area contributed by atoms with Crippen LogP contribution in [-0.4, -0.2) is 25.0 Å². The van der Waals surface area contributed by atoms with E-state index in [9.17, 15) is 9.59 Å². The van der Waals surface area contributed by atoms with Gasteiger partial charge in [0.2, 0.25) is 5.91 Å². The smallest absolute Gasteiger partial charge is 0.328 e. The summed E-state index contributed by atoms with van der Waals surface area (Å²) in [6.07, 6.45) is 0.788. The lowest BCUT2D eigenvalue weighted by molar-refractivity contribution is -0.146. The minimum atomic E-state index is -0.593. The summed E-state index contributed by atoms with van der Waals surface area (Å²) < 4.78 is 4.63. The Balaban J connectivity index is 4.58. The fraction of sp³-hybridized carbons (Fsp3) is 0.636. The first-order valence-electron chi connectivity index (χ1n) is 4.98. The molecule has 4 heteroatoms. The number of hydrogen-bond acceptors (Lipinski definition) is 3. The largest absolute Gasteiger partial charge is 0.467 e. The monoisotopic (exact) mass is 213 g/mol. The molecule has 0 aromatic rings. The summed E-state index contributed by atoms with van der Waals surface area (Å²) in [5.41, 5.74) is 0.382. The van der Waals surface area contributed by atoms with Gasteiger partial charge in [-0.2, -0.15) is 0 Å².